The van der Waals surface area contributed by atoms with Gasteiger partial charge in [0.1, 0.15) is 5.52 Å². The van der Waals surface area contributed by atoms with E-state index in [4.69, 9.17) is 11.6 Å². The van der Waals surface area contributed by atoms with E-state index in [1.165, 1.54) is 0 Å². The molecule has 1 aliphatic heterocycles. The first-order valence-electron chi connectivity index (χ1n) is 7.78. The number of H-pyrrole nitrogens is 1. The molecular formula is C18H15ClN4O2. The molecule has 1 aliphatic rings. The van der Waals surface area contributed by atoms with Gasteiger partial charge in [0.05, 0.1) is 16.5 Å². The van der Waals surface area contributed by atoms with Gasteiger partial charge in [-0.15, -0.1) is 0 Å². The van der Waals surface area contributed by atoms with Crippen LogP contribution in [0.5, 0.6) is 0 Å². The van der Waals surface area contributed by atoms with Crippen molar-refractivity contribution >= 4 is 46.1 Å². The molecule has 4 rings (SSSR count). The maximum atomic E-state index is 12.4. The first-order valence-corrected chi connectivity index (χ1v) is 8.15. The molecule has 7 heteroatoms. The number of amides is 2. The van der Waals surface area contributed by atoms with E-state index in [2.05, 4.69) is 20.6 Å². The highest BCUT2D eigenvalue weighted by molar-refractivity contribution is 6.30. The molecule has 0 spiro atoms. The summed E-state index contributed by atoms with van der Waals surface area (Å²) in [6, 6.07) is 10.9. The molecule has 3 aromatic rings. The number of benzene rings is 2. The Hall–Kier alpha value is -2.86. The van der Waals surface area contributed by atoms with Crippen LogP contribution < -0.4 is 10.6 Å². The monoisotopic (exact) mass is 354 g/mol. The number of nitrogens with zero attached hydrogens (tertiary/aromatic N) is 1. The van der Waals surface area contributed by atoms with Gasteiger partial charge in [0, 0.05) is 10.7 Å². The fraction of sp³-hybridized carbons (Fsp3) is 0.167. The van der Waals surface area contributed by atoms with Crippen LogP contribution in [0.1, 0.15) is 29.8 Å². The molecule has 0 bridgehead atoms. The third kappa shape index (κ3) is 2.46. The molecule has 3 N–H and O–H groups in total. The molecule has 0 atom stereocenters. The summed E-state index contributed by atoms with van der Waals surface area (Å²) in [6.07, 6.45) is 0. The van der Waals surface area contributed by atoms with Gasteiger partial charge in [-0.2, -0.15) is 0 Å². The lowest BCUT2D eigenvalue weighted by atomic mass is 9.78. The van der Waals surface area contributed by atoms with Gasteiger partial charge < -0.3 is 10.3 Å². The molecule has 0 aliphatic carbocycles. The number of aromatic nitrogens is 2. The molecule has 1 aromatic heterocycles. The minimum atomic E-state index is -0.792. The van der Waals surface area contributed by atoms with E-state index in [0.29, 0.717) is 27.6 Å². The van der Waals surface area contributed by atoms with Crippen molar-refractivity contribution in [1.82, 2.24) is 15.3 Å². The van der Waals surface area contributed by atoms with Crippen molar-refractivity contribution in [2.45, 2.75) is 19.3 Å². The number of carbonyl (C=O) groups is 2. The highest BCUT2D eigenvalue weighted by Crippen LogP contribution is 2.34. The van der Waals surface area contributed by atoms with Gasteiger partial charge in [-0.05, 0) is 49.7 Å². The molecule has 0 fully saturated rings. The second-order valence-corrected chi connectivity index (χ2v) is 6.95. The van der Waals surface area contributed by atoms with Crippen molar-refractivity contribution in [3.8, 4) is 0 Å². The topological polar surface area (TPSA) is 86.9 Å². The van der Waals surface area contributed by atoms with E-state index in [0.717, 1.165) is 11.2 Å². The predicted molar refractivity (Wildman–Crippen MR) is 96.3 cm³/mol. The molecule has 0 unspecified atom stereocenters. The summed E-state index contributed by atoms with van der Waals surface area (Å²) in [5, 5.41) is 6.21. The van der Waals surface area contributed by atoms with Crippen molar-refractivity contribution in [1.29, 1.82) is 0 Å². The SMILES string of the molecule is CC1(C)C(=O)NC(=O)c2c1ccc1[nH]c(Nc3ccc(Cl)cc3)nc21. The minimum absolute atomic E-state index is 0.306. The fourth-order valence-corrected chi connectivity index (χ4v) is 3.13. The van der Waals surface area contributed by atoms with Gasteiger partial charge in [-0.25, -0.2) is 4.98 Å². The first kappa shape index (κ1) is 15.7. The second-order valence-electron chi connectivity index (χ2n) is 6.51. The van der Waals surface area contributed by atoms with Crippen LogP contribution in [-0.4, -0.2) is 21.8 Å². The largest absolute Gasteiger partial charge is 0.326 e. The standard InChI is InChI=1S/C18H15ClN4O2/c1-18(2)11-7-8-12-14(13(11)15(24)23-16(18)25)22-17(21-12)20-10-5-3-9(19)4-6-10/h3-8H,1-2H3,(H2,20,21,22)(H,23,24,25). The zero-order valence-corrected chi connectivity index (χ0v) is 14.4. The van der Waals surface area contributed by atoms with Crippen LogP contribution in [0.15, 0.2) is 36.4 Å². The summed E-state index contributed by atoms with van der Waals surface area (Å²) in [4.78, 5) is 32.2. The number of aromatic amines is 1. The van der Waals surface area contributed by atoms with Crippen molar-refractivity contribution in [3.05, 3.63) is 52.5 Å². The maximum absolute atomic E-state index is 12.4. The highest BCUT2D eigenvalue weighted by Gasteiger charge is 2.40. The molecule has 6 nitrogen and oxygen atoms in total. The fourth-order valence-electron chi connectivity index (χ4n) is 3.00. The average molecular weight is 355 g/mol. The van der Waals surface area contributed by atoms with E-state index in [-0.39, 0.29) is 5.91 Å². The van der Waals surface area contributed by atoms with E-state index in [9.17, 15) is 9.59 Å². The summed E-state index contributed by atoms with van der Waals surface area (Å²) >= 11 is 5.89. The Balaban J connectivity index is 1.82. The Morgan fingerprint density at radius 2 is 1.80 bits per heavy atom. The highest BCUT2D eigenvalue weighted by atomic mass is 35.5. The van der Waals surface area contributed by atoms with Crippen molar-refractivity contribution in [2.24, 2.45) is 0 Å². The van der Waals surface area contributed by atoms with E-state index < -0.39 is 11.3 Å². The quantitative estimate of drug-likeness (QED) is 0.615. The summed E-state index contributed by atoms with van der Waals surface area (Å²) in [7, 11) is 0. The van der Waals surface area contributed by atoms with Crippen LogP contribution in [-0.2, 0) is 10.2 Å². The molecule has 2 aromatic carbocycles. The normalized spacial score (nSPS) is 15.8. The number of rotatable bonds is 2. The number of nitrogens with one attached hydrogen (secondary N) is 3. The van der Waals surface area contributed by atoms with Crippen molar-refractivity contribution in [2.75, 3.05) is 5.32 Å². The number of anilines is 2. The van der Waals surface area contributed by atoms with E-state index in [1.54, 1.807) is 32.0 Å². The van der Waals surface area contributed by atoms with Gasteiger partial charge in [0.25, 0.3) is 5.91 Å². The average Bonchev–Trinajstić information content (AvgIpc) is 2.97. The predicted octanol–water partition coefficient (Wildman–Crippen LogP) is 3.51. The molecule has 126 valence electrons. The lowest BCUT2D eigenvalue weighted by Gasteiger charge is -2.30. The lowest BCUT2D eigenvalue weighted by Crippen LogP contribution is -2.48. The zero-order valence-electron chi connectivity index (χ0n) is 13.6. The Morgan fingerprint density at radius 1 is 1.08 bits per heavy atom. The summed E-state index contributed by atoms with van der Waals surface area (Å²) in [6.45, 7) is 3.58. The molecule has 0 saturated heterocycles. The Labute approximate surface area is 148 Å². The lowest BCUT2D eigenvalue weighted by molar-refractivity contribution is -0.125. The number of hydrogen-bond donors (Lipinski definition) is 3. The van der Waals surface area contributed by atoms with Crippen LogP contribution in [0.3, 0.4) is 0 Å². The van der Waals surface area contributed by atoms with Crippen LogP contribution >= 0.6 is 11.6 Å². The van der Waals surface area contributed by atoms with Crippen LogP contribution in [0.4, 0.5) is 11.6 Å². The molecule has 0 saturated carbocycles. The van der Waals surface area contributed by atoms with Crippen molar-refractivity contribution in [3.63, 3.8) is 0 Å². The number of imidazole rings is 1. The van der Waals surface area contributed by atoms with Crippen molar-refractivity contribution < 1.29 is 9.59 Å². The third-order valence-electron chi connectivity index (χ3n) is 4.46. The number of fused-ring (bicyclic) bond motifs is 3. The van der Waals surface area contributed by atoms with E-state index >= 15 is 0 Å². The Kier molecular flexibility index (Phi) is 3.33. The van der Waals surface area contributed by atoms with E-state index in [1.807, 2.05) is 18.2 Å². The molecule has 25 heavy (non-hydrogen) atoms. The second kappa shape index (κ2) is 5.32. The van der Waals surface area contributed by atoms with Gasteiger partial charge in [0.2, 0.25) is 11.9 Å². The van der Waals surface area contributed by atoms with Gasteiger partial charge in [0.15, 0.2) is 0 Å². The number of halogens is 1. The molecule has 2 heterocycles. The minimum Gasteiger partial charge on any atom is -0.326 e. The summed E-state index contributed by atoms with van der Waals surface area (Å²) in [5.74, 6) is -0.220. The first-order chi connectivity index (χ1) is 11.9. The molecule has 0 radical (unpaired) electrons. The van der Waals surface area contributed by atoms with Crippen LogP contribution in [0.2, 0.25) is 5.02 Å². The maximum Gasteiger partial charge on any atom is 0.260 e. The number of imide groups is 1. The number of hydrogen-bond acceptors (Lipinski definition) is 4. The summed E-state index contributed by atoms with van der Waals surface area (Å²) < 4.78 is 0. The number of carbonyl (C=O) groups excluding carboxylic acids is 2. The Bertz CT molecular complexity index is 1020. The van der Waals surface area contributed by atoms with Gasteiger partial charge in [-0.3, -0.25) is 14.9 Å². The molecular weight excluding hydrogens is 340 g/mol. The molecule has 2 amide bonds. The Morgan fingerprint density at radius 3 is 2.52 bits per heavy atom. The van der Waals surface area contributed by atoms with Crippen LogP contribution in [0, 0.1) is 0 Å². The summed E-state index contributed by atoms with van der Waals surface area (Å²) in [5.41, 5.74) is 2.39. The smallest absolute Gasteiger partial charge is 0.260 e. The van der Waals surface area contributed by atoms with Gasteiger partial charge >= 0.3 is 0 Å². The van der Waals surface area contributed by atoms with Crippen LogP contribution in [0.25, 0.3) is 11.0 Å². The zero-order chi connectivity index (χ0) is 17.8. The third-order valence-corrected chi connectivity index (χ3v) is 4.71. The van der Waals surface area contributed by atoms with Gasteiger partial charge in [-0.1, -0.05) is 17.7 Å².